The average Bonchev–Trinajstić information content (AvgIpc) is 3.08. The van der Waals surface area contributed by atoms with Gasteiger partial charge in [-0.05, 0) is 146 Å². The second kappa shape index (κ2) is 21.6. The molecule has 4 aromatic carbocycles. The molecule has 0 amide bonds. The maximum Gasteiger partial charge on any atom is 0.0314 e. The highest BCUT2D eigenvalue weighted by molar-refractivity contribution is 5.44. The summed E-state index contributed by atoms with van der Waals surface area (Å²) in [6.45, 7) is 9.18. The molecule has 0 saturated carbocycles. The summed E-state index contributed by atoms with van der Waals surface area (Å²) < 4.78 is 0. The van der Waals surface area contributed by atoms with E-state index in [1.807, 2.05) is 24.3 Å². The Balaban J connectivity index is 0.937. The fourth-order valence-electron chi connectivity index (χ4n) is 7.98. The van der Waals surface area contributed by atoms with Crippen LogP contribution in [0, 0.1) is 27.7 Å². The Labute approximate surface area is 306 Å². The average molecular weight is 673 g/mol. The lowest BCUT2D eigenvalue weighted by atomic mass is 9.92. The highest BCUT2D eigenvalue weighted by atomic mass is 14.5. The first-order valence-corrected chi connectivity index (χ1v) is 20.2. The highest BCUT2D eigenvalue weighted by Gasteiger charge is 2.08. The lowest BCUT2D eigenvalue weighted by Gasteiger charge is -2.13. The molecule has 0 radical (unpaired) electrons. The first-order chi connectivity index (χ1) is 24.3. The molecule has 4 N–H and O–H groups in total. The summed E-state index contributed by atoms with van der Waals surface area (Å²) in [6.07, 6.45) is 26.8. The fourth-order valence-corrected chi connectivity index (χ4v) is 7.98. The van der Waals surface area contributed by atoms with E-state index in [1.165, 1.54) is 160 Å². The third-order valence-corrected chi connectivity index (χ3v) is 10.9. The lowest BCUT2D eigenvalue weighted by Crippen LogP contribution is -1.98. The van der Waals surface area contributed by atoms with E-state index in [0.717, 1.165) is 24.2 Å². The molecule has 0 aromatic heterocycles. The van der Waals surface area contributed by atoms with Gasteiger partial charge in [-0.25, -0.2) is 0 Å². The molecule has 0 bridgehead atoms. The first-order valence-electron chi connectivity index (χ1n) is 20.2. The number of nitrogen functional groups attached to an aromatic ring is 2. The van der Waals surface area contributed by atoms with Gasteiger partial charge in [-0.1, -0.05) is 138 Å². The Morgan fingerprint density at radius 1 is 0.320 bits per heavy atom. The van der Waals surface area contributed by atoms with Gasteiger partial charge in [0.05, 0.1) is 0 Å². The Morgan fingerprint density at radius 3 is 0.820 bits per heavy atom. The molecule has 0 aliphatic heterocycles. The molecule has 2 nitrogen and oxygen atoms in total. The number of aryl methyl sites for hydroxylation is 4. The van der Waals surface area contributed by atoms with Gasteiger partial charge in [0.15, 0.2) is 0 Å². The quantitative estimate of drug-likeness (QED) is 0.0608. The lowest BCUT2D eigenvalue weighted by molar-refractivity contribution is 0.527. The van der Waals surface area contributed by atoms with Gasteiger partial charge >= 0.3 is 0 Å². The van der Waals surface area contributed by atoms with Gasteiger partial charge in [0, 0.05) is 11.4 Å². The van der Waals surface area contributed by atoms with Crippen molar-refractivity contribution in [2.24, 2.45) is 0 Å². The van der Waals surface area contributed by atoms with Crippen LogP contribution >= 0.6 is 0 Å². The van der Waals surface area contributed by atoms with Crippen LogP contribution in [0.1, 0.15) is 158 Å². The molecule has 0 heterocycles. The Hall–Kier alpha value is -3.52. The van der Waals surface area contributed by atoms with E-state index < -0.39 is 0 Å². The number of nitrogens with two attached hydrogens (primary N) is 2. The van der Waals surface area contributed by atoms with Gasteiger partial charge in [0.1, 0.15) is 0 Å². The molecule has 0 unspecified atom stereocenters. The Kier molecular flexibility index (Phi) is 17.0. The van der Waals surface area contributed by atoms with Crippen molar-refractivity contribution in [2.45, 2.75) is 156 Å². The van der Waals surface area contributed by atoms with Crippen molar-refractivity contribution in [1.82, 2.24) is 0 Å². The number of anilines is 2. The van der Waals surface area contributed by atoms with E-state index in [2.05, 4.69) is 76.2 Å². The van der Waals surface area contributed by atoms with E-state index >= 15 is 0 Å². The summed E-state index contributed by atoms with van der Waals surface area (Å²) in [5, 5.41) is 0. The van der Waals surface area contributed by atoms with E-state index in [-0.39, 0.29) is 0 Å². The summed E-state index contributed by atoms with van der Waals surface area (Å²) in [7, 11) is 0. The van der Waals surface area contributed by atoms with Gasteiger partial charge in [0.2, 0.25) is 0 Å². The normalized spacial score (nSPS) is 11.4. The zero-order valence-electron chi connectivity index (χ0n) is 32.2. The smallest absolute Gasteiger partial charge is 0.0314 e. The molecular formula is C48H68N2. The van der Waals surface area contributed by atoms with Crippen LogP contribution < -0.4 is 11.5 Å². The van der Waals surface area contributed by atoms with Crippen LogP contribution in [0.25, 0.3) is 0 Å². The molecule has 0 atom stereocenters. The van der Waals surface area contributed by atoms with Crippen LogP contribution in [-0.2, 0) is 25.7 Å². The highest BCUT2D eigenvalue weighted by Crippen LogP contribution is 2.24. The van der Waals surface area contributed by atoms with Crippen molar-refractivity contribution in [1.29, 1.82) is 0 Å². The summed E-state index contributed by atoms with van der Waals surface area (Å²) in [5.41, 5.74) is 27.8. The molecule has 0 fully saturated rings. The van der Waals surface area contributed by atoms with Crippen LogP contribution in [0.15, 0.2) is 72.8 Å². The number of unbranched alkanes of at least 4 members (excludes halogenated alkanes) is 15. The van der Waals surface area contributed by atoms with E-state index in [1.54, 1.807) is 11.1 Å². The van der Waals surface area contributed by atoms with Crippen molar-refractivity contribution in [3.8, 4) is 0 Å². The third kappa shape index (κ3) is 14.0. The molecule has 0 aliphatic carbocycles. The van der Waals surface area contributed by atoms with Crippen LogP contribution in [0.2, 0.25) is 0 Å². The van der Waals surface area contributed by atoms with Crippen molar-refractivity contribution >= 4 is 11.4 Å². The van der Waals surface area contributed by atoms with Crippen LogP contribution in [0.5, 0.6) is 0 Å². The summed E-state index contributed by atoms with van der Waals surface area (Å²) >= 11 is 0. The zero-order chi connectivity index (χ0) is 35.6. The topological polar surface area (TPSA) is 52.0 Å². The van der Waals surface area contributed by atoms with Crippen molar-refractivity contribution in [3.63, 3.8) is 0 Å². The number of hydrogen-bond donors (Lipinski definition) is 2. The van der Waals surface area contributed by atoms with Gasteiger partial charge in [-0.15, -0.1) is 0 Å². The number of rotatable bonds is 23. The SMILES string of the molecule is Cc1cc(Cc2ccc(N)cc2)cc(C)c1CCCCCCCCCCCCCCCCCCc1c(C)cc(Cc2ccc(N)cc2)cc1C. The molecule has 0 spiro atoms. The predicted molar refractivity (Wildman–Crippen MR) is 220 cm³/mol. The number of hydrogen-bond acceptors (Lipinski definition) is 2. The van der Waals surface area contributed by atoms with Crippen LogP contribution in [0.4, 0.5) is 11.4 Å². The Morgan fingerprint density at radius 2 is 0.560 bits per heavy atom. The minimum absolute atomic E-state index is 0.835. The van der Waals surface area contributed by atoms with Crippen molar-refractivity contribution in [3.05, 3.63) is 128 Å². The molecule has 0 saturated heterocycles. The fraction of sp³-hybridized carbons (Fsp3) is 0.500. The summed E-state index contributed by atoms with van der Waals surface area (Å²) in [4.78, 5) is 0. The van der Waals surface area contributed by atoms with Gasteiger partial charge in [-0.3, -0.25) is 0 Å². The molecule has 270 valence electrons. The minimum atomic E-state index is 0.835. The Bertz CT molecular complexity index is 1380. The van der Waals surface area contributed by atoms with E-state index in [4.69, 9.17) is 11.5 Å². The van der Waals surface area contributed by atoms with Crippen LogP contribution in [-0.4, -0.2) is 0 Å². The minimum Gasteiger partial charge on any atom is -0.399 e. The first kappa shape index (κ1) is 39.3. The second-order valence-corrected chi connectivity index (χ2v) is 15.4. The van der Waals surface area contributed by atoms with Crippen molar-refractivity contribution < 1.29 is 0 Å². The molecule has 2 heteroatoms. The number of benzene rings is 4. The monoisotopic (exact) mass is 673 g/mol. The summed E-state index contributed by atoms with van der Waals surface area (Å²) in [6, 6.07) is 26.2. The maximum absolute atomic E-state index is 5.85. The molecule has 0 aliphatic rings. The molecular weight excluding hydrogens is 605 g/mol. The zero-order valence-corrected chi connectivity index (χ0v) is 32.2. The molecule has 4 aromatic rings. The maximum atomic E-state index is 5.85. The molecule has 4 rings (SSSR count). The summed E-state index contributed by atoms with van der Waals surface area (Å²) in [5.74, 6) is 0. The van der Waals surface area contributed by atoms with Crippen LogP contribution in [0.3, 0.4) is 0 Å². The standard InChI is InChI=1S/C48H68N2/c1-37-31-43(35-41-23-27-45(49)28-24-41)32-38(2)47(37)21-19-17-15-13-11-9-7-5-6-8-10-12-14-16-18-20-22-48-39(3)33-44(34-40(48)4)36-42-25-29-46(50)30-26-42/h23-34H,5-22,35-36,49-50H2,1-4H3. The van der Waals surface area contributed by atoms with Crippen molar-refractivity contribution in [2.75, 3.05) is 11.5 Å². The third-order valence-electron chi connectivity index (χ3n) is 10.9. The molecule has 50 heavy (non-hydrogen) atoms. The van der Waals surface area contributed by atoms with E-state index in [0.29, 0.717) is 0 Å². The van der Waals surface area contributed by atoms with Gasteiger partial charge in [0.25, 0.3) is 0 Å². The van der Waals surface area contributed by atoms with Gasteiger partial charge in [-0.2, -0.15) is 0 Å². The van der Waals surface area contributed by atoms with Gasteiger partial charge < -0.3 is 11.5 Å². The van der Waals surface area contributed by atoms with E-state index in [9.17, 15) is 0 Å². The second-order valence-electron chi connectivity index (χ2n) is 15.4. The largest absolute Gasteiger partial charge is 0.399 e. The predicted octanol–water partition coefficient (Wildman–Crippen LogP) is 13.3.